The number of benzene rings is 1. The lowest BCUT2D eigenvalue weighted by atomic mass is 10.1. The van der Waals surface area contributed by atoms with Gasteiger partial charge in [-0.15, -0.1) is 0 Å². The quantitative estimate of drug-likeness (QED) is 0.234. The van der Waals surface area contributed by atoms with Crippen molar-refractivity contribution in [2.24, 2.45) is 5.92 Å². The van der Waals surface area contributed by atoms with Gasteiger partial charge in [-0.05, 0) is 43.5 Å². The number of nitrogens with zero attached hydrogens (tertiary/aromatic N) is 2. The summed E-state index contributed by atoms with van der Waals surface area (Å²) in [6, 6.07) is 9.22. The van der Waals surface area contributed by atoms with Gasteiger partial charge < -0.3 is 28.7 Å². The number of allylic oxidation sites excluding steroid dienone is 1. The third-order valence-corrected chi connectivity index (χ3v) is 8.62. The van der Waals surface area contributed by atoms with E-state index in [9.17, 15) is 4.57 Å². The van der Waals surface area contributed by atoms with Crippen molar-refractivity contribution in [1.29, 1.82) is 0 Å². The molecule has 1 aromatic carbocycles. The number of hydrogen-bond donors (Lipinski definition) is 1. The minimum absolute atomic E-state index is 0.0567. The van der Waals surface area contributed by atoms with Gasteiger partial charge in [-0.25, -0.2) is 4.98 Å². The number of hydrogen-bond acceptors (Lipinski definition) is 9. The molecule has 37 heavy (non-hydrogen) atoms. The van der Waals surface area contributed by atoms with Gasteiger partial charge in [0.1, 0.15) is 6.17 Å². The van der Waals surface area contributed by atoms with Gasteiger partial charge in [0, 0.05) is 46.6 Å². The molecular formula is C25H34Cl2N3O5PS. The van der Waals surface area contributed by atoms with Gasteiger partial charge in [-0.1, -0.05) is 54.9 Å². The summed E-state index contributed by atoms with van der Waals surface area (Å²) in [6.07, 6.45) is 1.49. The van der Waals surface area contributed by atoms with Gasteiger partial charge in [0.2, 0.25) is 5.88 Å². The van der Waals surface area contributed by atoms with Crippen molar-refractivity contribution in [3.05, 3.63) is 62.9 Å². The van der Waals surface area contributed by atoms with Crippen molar-refractivity contribution in [2.75, 3.05) is 33.3 Å². The van der Waals surface area contributed by atoms with E-state index in [0.717, 1.165) is 21.2 Å². The van der Waals surface area contributed by atoms with Gasteiger partial charge in [0.25, 0.3) is 0 Å². The van der Waals surface area contributed by atoms with E-state index in [-0.39, 0.29) is 31.6 Å². The van der Waals surface area contributed by atoms with Crippen molar-refractivity contribution in [3.8, 4) is 5.88 Å². The molecule has 1 aliphatic heterocycles. The second kappa shape index (κ2) is 14.1. The van der Waals surface area contributed by atoms with Gasteiger partial charge in [0.15, 0.2) is 6.35 Å². The maximum Gasteiger partial charge on any atom is 0.367 e. The summed E-state index contributed by atoms with van der Waals surface area (Å²) < 4.78 is 34.3. The molecule has 1 aromatic heterocycles. The average molecular weight is 591 g/mol. The summed E-state index contributed by atoms with van der Waals surface area (Å²) in [5.74, 6) is 0.611. The first-order valence-electron chi connectivity index (χ1n) is 12.0. The predicted octanol–water partition coefficient (Wildman–Crippen LogP) is 6.99. The average Bonchev–Trinajstić information content (AvgIpc) is 3.15. The summed E-state index contributed by atoms with van der Waals surface area (Å²) in [5.41, 5.74) is 2.10. The zero-order valence-electron chi connectivity index (χ0n) is 21.7. The predicted molar refractivity (Wildman–Crippen MR) is 149 cm³/mol. The number of ether oxygens (including phenoxy) is 2. The van der Waals surface area contributed by atoms with Crippen LogP contribution in [0.1, 0.15) is 33.3 Å². The Bertz CT molecular complexity index is 1090. The maximum absolute atomic E-state index is 12.6. The zero-order valence-corrected chi connectivity index (χ0v) is 24.9. The molecule has 2 aromatic rings. The second-order valence-electron chi connectivity index (χ2n) is 8.55. The SMILES string of the molecule is CCOP(=O)(COc1ccc(CN2C(Sc3cc(Cl)cc(Cl)c3)=C(C(C)C)NC2COC)cn1)OCC. The fourth-order valence-electron chi connectivity index (χ4n) is 3.75. The van der Waals surface area contributed by atoms with Gasteiger partial charge >= 0.3 is 7.60 Å². The van der Waals surface area contributed by atoms with Gasteiger partial charge in [0.05, 0.1) is 24.8 Å². The van der Waals surface area contributed by atoms with E-state index in [1.165, 1.54) is 0 Å². The van der Waals surface area contributed by atoms with Crippen molar-refractivity contribution in [2.45, 2.75) is 45.3 Å². The first-order chi connectivity index (χ1) is 17.7. The molecule has 0 spiro atoms. The summed E-state index contributed by atoms with van der Waals surface area (Å²) >= 11 is 14.1. The van der Waals surface area contributed by atoms with Crippen LogP contribution >= 0.6 is 42.6 Å². The van der Waals surface area contributed by atoms with Crippen molar-refractivity contribution < 1.29 is 23.1 Å². The normalized spacial score (nSPS) is 16.0. The standard InChI is InChI=1S/C25H34Cl2N3O5PS/c1-6-34-36(31,35-7-2)16-33-23-9-8-18(13-28-23)14-30-22(15-32-5)29-24(17(3)4)25(30)37-21-11-19(26)10-20(27)12-21/h8-13,17,22,29H,6-7,14-16H2,1-5H3. The molecule has 204 valence electrons. The number of pyridine rings is 1. The van der Waals surface area contributed by atoms with Crippen LogP contribution < -0.4 is 10.1 Å². The van der Waals surface area contributed by atoms with E-state index >= 15 is 0 Å². The van der Waals surface area contributed by atoms with Crippen molar-refractivity contribution >= 4 is 42.6 Å². The van der Waals surface area contributed by atoms with Crippen molar-refractivity contribution in [1.82, 2.24) is 15.2 Å². The van der Waals surface area contributed by atoms with E-state index in [1.807, 2.05) is 18.2 Å². The Morgan fingerprint density at radius 1 is 1.14 bits per heavy atom. The van der Waals surface area contributed by atoms with E-state index in [4.69, 9.17) is 41.7 Å². The molecule has 1 aliphatic rings. The molecule has 2 heterocycles. The second-order valence-corrected chi connectivity index (χ2v) is 12.5. The number of aromatic nitrogens is 1. The maximum atomic E-state index is 12.6. The number of nitrogens with one attached hydrogen (secondary N) is 1. The van der Waals surface area contributed by atoms with Crippen LogP contribution in [0.5, 0.6) is 5.88 Å². The fraction of sp³-hybridized carbons (Fsp3) is 0.480. The molecule has 0 amide bonds. The Morgan fingerprint density at radius 2 is 1.81 bits per heavy atom. The highest BCUT2D eigenvalue weighted by molar-refractivity contribution is 8.03. The molecule has 0 bridgehead atoms. The summed E-state index contributed by atoms with van der Waals surface area (Å²) in [5, 5.41) is 5.87. The Hall–Kier alpha value is -1.45. The van der Waals surface area contributed by atoms with Crippen molar-refractivity contribution in [3.63, 3.8) is 0 Å². The lowest BCUT2D eigenvalue weighted by Crippen LogP contribution is -2.40. The first-order valence-corrected chi connectivity index (χ1v) is 15.3. The molecule has 1 N–H and O–H groups in total. The molecule has 8 nitrogen and oxygen atoms in total. The van der Waals surface area contributed by atoms with Crippen LogP contribution in [-0.2, 0) is 24.9 Å². The topological polar surface area (TPSA) is 82.2 Å². The van der Waals surface area contributed by atoms with Crippen LogP contribution in [0.4, 0.5) is 0 Å². The smallest absolute Gasteiger partial charge is 0.367 e. The molecule has 0 radical (unpaired) electrons. The zero-order chi connectivity index (χ0) is 27.0. The monoisotopic (exact) mass is 589 g/mol. The van der Waals surface area contributed by atoms with E-state index in [1.54, 1.807) is 51.0 Å². The lowest BCUT2D eigenvalue weighted by Gasteiger charge is -2.28. The molecule has 0 saturated heterocycles. The third kappa shape index (κ3) is 8.52. The molecule has 3 rings (SSSR count). The number of halogens is 2. The van der Waals surface area contributed by atoms with E-state index in [0.29, 0.717) is 29.1 Å². The molecule has 0 saturated carbocycles. The van der Waals surface area contributed by atoms with Crippen LogP contribution in [0.25, 0.3) is 0 Å². The first kappa shape index (κ1) is 30.1. The highest BCUT2D eigenvalue weighted by Gasteiger charge is 2.33. The Labute approximate surface area is 233 Å². The fourth-order valence-corrected chi connectivity index (χ4v) is 7.02. The minimum Gasteiger partial charge on any atom is -0.465 e. The lowest BCUT2D eigenvalue weighted by molar-refractivity contribution is 0.110. The number of rotatable bonds is 14. The summed E-state index contributed by atoms with van der Waals surface area (Å²) in [4.78, 5) is 7.62. The highest BCUT2D eigenvalue weighted by Crippen LogP contribution is 2.47. The summed E-state index contributed by atoms with van der Waals surface area (Å²) in [6.45, 7) is 9.44. The molecule has 1 atom stereocenters. The van der Waals surface area contributed by atoms with Gasteiger partial charge in [-0.3, -0.25) is 4.57 Å². The molecule has 12 heteroatoms. The van der Waals surface area contributed by atoms with Crippen LogP contribution in [-0.4, -0.2) is 49.3 Å². The number of thioether (sulfide) groups is 1. The Kier molecular flexibility index (Phi) is 11.5. The molecular weight excluding hydrogens is 556 g/mol. The van der Waals surface area contributed by atoms with Crippen LogP contribution in [0, 0.1) is 5.92 Å². The van der Waals surface area contributed by atoms with Crippen LogP contribution in [0.15, 0.2) is 52.2 Å². The van der Waals surface area contributed by atoms with Crippen LogP contribution in [0.2, 0.25) is 10.0 Å². The molecule has 0 aliphatic carbocycles. The van der Waals surface area contributed by atoms with E-state index < -0.39 is 7.60 Å². The van der Waals surface area contributed by atoms with Crippen LogP contribution in [0.3, 0.4) is 0 Å². The molecule has 0 fully saturated rings. The minimum atomic E-state index is -3.32. The number of methoxy groups -OCH3 is 1. The Morgan fingerprint density at radius 3 is 2.35 bits per heavy atom. The van der Waals surface area contributed by atoms with E-state index in [2.05, 4.69) is 29.0 Å². The largest absolute Gasteiger partial charge is 0.465 e. The highest BCUT2D eigenvalue weighted by atomic mass is 35.5. The molecule has 1 unspecified atom stereocenters. The van der Waals surface area contributed by atoms with Gasteiger partial charge in [-0.2, -0.15) is 0 Å². The third-order valence-electron chi connectivity index (χ3n) is 5.31. The Balaban J connectivity index is 1.80. The summed E-state index contributed by atoms with van der Waals surface area (Å²) in [7, 11) is -1.63.